The van der Waals surface area contributed by atoms with Crippen LogP contribution in [0.3, 0.4) is 0 Å². The van der Waals surface area contributed by atoms with Crippen molar-refractivity contribution in [2.75, 3.05) is 5.32 Å². The molecule has 0 aliphatic heterocycles. The van der Waals surface area contributed by atoms with E-state index >= 15 is 0 Å². The van der Waals surface area contributed by atoms with Gasteiger partial charge in [0, 0.05) is 5.69 Å². The first-order valence-electron chi connectivity index (χ1n) is 8.58. The van der Waals surface area contributed by atoms with Crippen LogP contribution in [0.4, 0.5) is 24.5 Å². The second-order valence-electron chi connectivity index (χ2n) is 7.90. The fourth-order valence-electron chi connectivity index (χ4n) is 2.14. The predicted molar refractivity (Wildman–Crippen MR) is 104 cm³/mol. The van der Waals surface area contributed by atoms with Crippen LogP contribution in [-0.2, 0) is 10.6 Å². The van der Waals surface area contributed by atoms with E-state index in [9.17, 15) is 18.0 Å². The van der Waals surface area contributed by atoms with Gasteiger partial charge in [-0.25, -0.2) is 4.79 Å². The Morgan fingerprint density at radius 2 is 1.63 bits per heavy atom. The molecule has 0 saturated carbocycles. The summed E-state index contributed by atoms with van der Waals surface area (Å²) in [5.74, 6) is -0.475. The average molecular weight is 395 g/mol. The van der Waals surface area contributed by atoms with Crippen molar-refractivity contribution >= 4 is 25.7 Å². The lowest BCUT2D eigenvalue weighted by molar-refractivity contribution is -0.137. The van der Waals surface area contributed by atoms with Gasteiger partial charge in [0.2, 0.25) is 0 Å². The Morgan fingerprint density at radius 3 is 2.22 bits per heavy atom. The third-order valence-electron chi connectivity index (χ3n) is 4.77. The van der Waals surface area contributed by atoms with E-state index in [4.69, 9.17) is 4.43 Å². The molecule has 0 unspecified atom stereocenters. The Labute approximate surface area is 158 Å². The largest absolute Gasteiger partial charge is 0.516 e. The van der Waals surface area contributed by atoms with Gasteiger partial charge in [0.1, 0.15) is 0 Å². The van der Waals surface area contributed by atoms with Gasteiger partial charge in [-0.1, -0.05) is 39.0 Å². The minimum Gasteiger partial charge on any atom is -0.516 e. The van der Waals surface area contributed by atoms with Gasteiger partial charge < -0.3 is 9.74 Å². The van der Waals surface area contributed by atoms with Gasteiger partial charge in [-0.2, -0.15) is 13.2 Å². The number of para-hydroxylation sites is 1. The molecule has 0 radical (unpaired) electrons. The summed E-state index contributed by atoms with van der Waals surface area (Å²) >= 11 is 0. The van der Waals surface area contributed by atoms with Gasteiger partial charge in [0.05, 0.1) is 16.8 Å². The van der Waals surface area contributed by atoms with Gasteiger partial charge in [0.15, 0.2) is 0 Å². The molecule has 0 amide bonds. The maximum absolute atomic E-state index is 12.9. The van der Waals surface area contributed by atoms with Crippen LogP contribution in [0.5, 0.6) is 0 Å². The molecule has 146 valence electrons. The van der Waals surface area contributed by atoms with Crippen molar-refractivity contribution in [3.05, 3.63) is 59.7 Å². The molecule has 7 heteroatoms. The van der Waals surface area contributed by atoms with Crippen LogP contribution in [0, 0.1) is 0 Å². The Hall–Kier alpha value is -2.28. The number of carbonyl (C=O) groups excluding carboxylic acids is 1. The molecule has 0 bridgehead atoms. The fraction of sp³-hybridized carbons (Fsp3) is 0.350. The molecule has 2 aromatic rings. The van der Waals surface area contributed by atoms with Crippen molar-refractivity contribution in [3.8, 4) is 0 Å². The van der Waals surface area contributed by atoms with Crippen LogP contribution < -0.4 is 5.32 Å². The molecule has 2 rings (SSSR count). The summed E-state index contributed by atoms with van der Waals surface area (Å²) in [6.07, 6.45) is -4.43. The molecular weight excluding hydrogens is 371 g/mol. The number of alkyl halides is 3. The van der Waals surface area contributed by atoms with Gasteiger partial charge in [0.25, 0.3) is 8.32 Å². The maximum Gasteiger partial charge on any atom is 0.416 e. The van der Waals surface area contributed by atoms with Crippen LogP contribution in [0.15, 0.2) is 48.5 Å². The first kappa shape index (κ1) is 21.0. The highest BCUT2D eigenvalue weighted by Gasteiger charge is 2.40. The zero-order valence-corrected chi connectivity index (χ0v) is 17.1. The number of halogens is 3. The number of carbonyl (C=O) groups is 1. The van der Waals surface area contributed by atoms with Gasteiger partial charge in [-0.3, -0.25) is 0 Å². The van der Waals surface area contributed by atoms with E-state index in [1.54, 1.807) is 24.3 Å². The van der Waals surface area contributed by atoms with Crippen LogP contribution in [0.25, 0.3) is 0 Å². The Balaban J connectivity index is 2.30. The van der Waals surface area contributed by atoms with Gasteiger partial charge >= 0.3 is 12.1 Å². The quantitative estimate of drug-likeness (QED) is 0.592. The van der Waals surface area contributed by atoms with Crippen molar-refractivity contribution in [3.63, 3.8) is 0 Å². The molecular formula is C20H24F3NO2Si. The molecule has 0 fully saturated rings. The Bertz CT molecular complexity index is 826. The summed E-state index contributed by atoms with van der Waals surface area (Å²) in [4.78, 5) is 12.7. The Morgan fingerprint density at radius 1 is 1.00 bits per heavy atom. The van der Waals surface area contributed by atoms with E-state index in [-0.39, 0.29) is 10.7 Å². The highest BCUT2D eigenvalue weighted by atomic mass is 28.4. The summed E-state index contributed by atoms with van der Waals surface area (Å²) in [6.45, 7) is 10.0. The van der Waals surface area contributed by atoms with Gasteiger partial charge in [-0.05, 0) is 48.5 Å². The smallest absolute Gasteiger partial charge is 0.416 e. The molecule has 0 aromatic heterocycles. The SMILES string of the molecule is CC(C)(C)[Si](C)(C)OC(=O)c1ccccc1Nc1cccc(C(F)(F)F)c1. The van der Waals surface area contributed by atoms with E-state index in [1.165, 1.54) is 12.1 Å². The van der Waals surface area contributed by atoms with Crippen molar-refractivity contribution in [2.24, 2.45) is 0 Å². The summed E-state index contributed by atoms with van der Waals surface area (Å²) in [7, 11) is -2.33. The second kappa shape index (κ2) is 7.38. The molecule has 1 N–H and O–H groups in total. The Kier molecular flexibility index (Phi) is 5.75. The maximum atomic E-state index is 12.9. The average Bonchev–Trinajstić information content (AvgIpc) is 2.53. The third-order valence-corrected chi connectivity index (χ3v) is 9.08. The molecule has 2 aromatic carbocycles. The highest BCUT2D eigenvalue weighted by molar-refractivity contribution is 6.75. The topological polar surface area (TPSA) is 38.3 Å². The van der Waals surface area contributed by atoms with Crippen LogP contribution in [0.1, 0.15) is 36.7 Å². The van der Waals surface area contributed by atoms with Gasteiger partial charge in [-0.15, -0.1) is 0 Å². The minimum atomic E-state index is -4.43. The molecule has 0 heterocycles. The number of benzene rings is 2. The number of anilines is 2. The monoisotopic (exact) mass is 395 g/mol. The van der Waals surface area contributed by atoms with Crippen LogP contribution in [-0.4, -0.2) is 14.3 Å². The number of hydrogen-bond donors (Lipinski definition) is 1. The van der Waals surface area contributed by atoms with Crippen molar-refractivity contribution in [1.82, 2.24) is 0 Å². The third kappa shape index (κ3) is 5.13. The van der Waals surface area contributed by atoms with E-state index in [0.29, 0.717) is 11.3 Å². The highest BCUT2D eigenvalue weighted by Crippen LogP contribution is 2.38. The molecule has 0 saturated heterocycles. The van der Waals surface area contributed by atoms with Crippen molar-refractivity contribution in [1.29, 1.82) is 0 Å². The molecule has 0 aliphatic rings. The van der Waals surface area contributed by atoms with E-state index in [2.05, 4.69) is 5.32 Å². The van der Waals surface area contributed by atoms with Crippen molar-refractivity contribution in [2.45, 2.75) is 45.1 Å². The van der Waals surface area contributed by atoms with Crippen LogP contribution in [0.2, 0.25) is 18.1 Å². The van der Waals surface area contributed by atoms with E-state index in [1.807, 2.05) is 33.9 Å². The summed E-state index contributed by atoms with van der Waals surface area (Å²) in [5, 5.41) is 2.76. The lowest BCUT2D eigenvalue weighted by atomic mass is 10.1. The normalized spacial score (nSPS) is 12.6. The molecule has 0 atom stereocenters. The molecule has 0 spiro atoms. The van der Waals surface area contributed by atoms with E-state index < -0.39 is 26.0 Å². The lowest BCUT2D eigenvalue weighted by Gasteiger charge is -2.35. The predicted octanol–water partition coefficient (Wildman–Crippen LogP) is 6.61. The standard InChI is InChI=1S/C20H24F3NO2Si/c1-19(2,3)27(4,5)26-18(25)16-11-6-7-12-17(16)24-15-10-8-9-14(13-15)20(21,22)23/h6-13,24H,1-5H3. The number of nitrogens with one attached hydrogen (secondary N) is 1. The molecule has 27 heavy (non-hydrogen) atoms. The lowest BCUT2D eigenvalue weighted by Crippen LogP contribution is -2.42. The van der Waals surface area contributed by atoms with E-state index in [0.717, 1.165) is 12.1 Å². The number of rotatable bonds is 4. The zero-order chi connectivity index (χ0) is 20.5. The first-order chi connectivity index (χ1) is 12.3. The van der Waals surface area contributed by atoms with Crippen molar-refractivity contribution < 1.29 is 22.4 Å². The summed E-state index contributed by atoms with van der Waals surface area (Å²) < 4.78 is 44.6. The second-order valence-corrected chi connectivity index (χ2v) is 12.6. The number of hydrogen-bond acceptors (Lipinski definition) is 3. The minimum absolute atomic E-state index is 0.147. The summed E-state index contributed by atoms with van der Waals surface area (Å²) in [6, 6.07) is 11.5. The van der Waals surface area contributed by atoms with Crippen LogP contribution >= 0.6 is 0 Å². The molecule has 3 nitrogen and oxygen atoms in total. The zero-order valence-electron chi connectivity index (χ0n) is 16.1. The molecule has 0 aliphatic carbocycles. The fourth-order valence-corrected chi connectivity index (χ4v) is 3.02. The first-order valence-corrected chi connectivity index (χ1v) is 11.5. The summed E-state index contributed by atoms with van der Waals surface area (Å²) in [5.41, 5.74) is 0.187.